The fourth-order valence-electron chi connectivity index (χ4n) is 7.80. The number of hydrogen-bond acceptors (Lipinski definition) is 3. The zero-order valence-corrected chi connectivity index (χ0v) is 23.1. The van der Waals surface area contributed by atoms with Crippen LogP contribution in [0.5, 0.6) is 5.75 Å². The summed E-state index contributed by atoms with van der Waals surface area (Å²) >= 11 is 0. The van der Waals surface area contributed by atoms with Gasteiger partial charge in [0.1, 0.15) is 11.1 Å². The Bertz CT molecular complexity index is 1070. The number of ether oxygens (including phenoxy) is 1. The number of rotatable bonds is 8. The second kappa shape index (κ2) is 12.3. The topological polar surface area (TPSA) is 39.4 Å². The van der Waals surface area contributed by atoms with E-state index < -0.39 is 11.4 Å². The van der Waals surface area contributed by atoms with Crippen molar-refractivity contribution >= 4 is 10.8 Å². The Morgan fingerprint density at radius 1 is 0.838 bits per heavy atom. The summed E-state index contributed by atoms with van der Waals surface area (Å²) in [5.41, 5.74) is -0.560. The van der Waals surface area contributed by atoms with Crippen LogP contribution < -0.4 is 10.4 Å². The van der Waals surface area contributed by atoms with Crippen molar-refractivity contribution in [3.05, 3.63) is 40.2 Å². The predicted octanol–water partition coefficient (Wildman–Crippen LogP) is 9.41. The quantitative estimate of drug-likeness (QED) is 0.355. The van der Waals surface area contributed by atoms with E-state index in [0.717, 1.165) is 55.1 Å². The lowest BCUT2D eigenvalue weighted by Crippen LogP contribution is -2.25. The summed E-state index contributed by atoms with van der Waals surface area (Å²) in [6.45, 7) is 5.10. The predicted molar refractivity (Wildman–Crippen MR) is 149 cm³/mol. The Labute approximate surface area is 222 Å². The van der Waals surface area contributed by atoms with E-state index in [1.807, 2.05) is 12.1 Å². The van der Waals surface area contributed by atoms with Crippen LogP contribution in [0.3, 0.4) is 0 Å². The van der Waals surface area contributed by atoms with Crippen LogP contribution in [-0.2, 0) is 0 Å². The molecule has 0 aliphatic heterocycles. The summed E-state index contributed by atoms with van der Waals surface area (Å²) in [4.78, 5) is 12.9. The summed E-state index contributed by atoms with van der Waals surface area (Å²) in [5.74, 6) is 4.57. The molecule has 0 saturated heterocycles. The highest BCUT2D eigenvalue weighted by atomic mass is 19.1. The Morgan fingerprint density at radius 3 is 2.11 bits per heavy atom. The molecule has 3 saturated carbocycles. The summed E-state index contributed by atoms with van der Waals surface area (Å²) in [6.07, 6.45) is 18.8. The van der Waals surface area contributed by atoms with Gasteiger partial charge < -0.3 is 9.15 Å². The molecular weight excluding hydrogens is 463 g/mol. The van der Waals surface area contributed by atoms with Crippen LogP contribution in [0.25, 0.3) is 10.8 Å². The maximum Gasteiger partial charge on any atom is 0.346 e. The lowest BCUT2D eigenvalue weighted by molar-refractivity contribution is 0.154. The molecule has 3 nitrogen and oxygen atoms in total. The summed E-state index contributed by atoms with van der Waals surface area (Å²) in [7, 11) is 0. The van der Waals surface area contributed by atoms with Crippen molar-refractivity contribution in [3.8, 4) is 5.75 Å². The molecule has 0 spiro atoms. The third-order valence-corrected chi connectivity index (χ3v) is 10.3. The van der Waals surface area contributed by atoms with Gasteiger partial charge in [-0.2, -0.15) is 0 Å². The Hall–Kier alpha value is -1.84. The van der Waals surface area contributed by atoms with Gasteiger partial charge in [0.25, 0.3) is 0 Å². The maximum absolute atomic E-state index is 15.3. The first-order valence-corrected chi connectivity index (χ1v) is 15.4. The van der Waals surface area contributed by atoms with Crippen LogP contribution in [-0.4, -0.2) is 6.61 Å². The lowest BCUT2D eigenvalue weighted by atomic mass is 9.68. The Balaban J connectivity index is 1.19. The highest BCUT2D eigenvalue weighted by Gasteiger charge is 2.32. The number of fused-ring (bicyclic) bond motifs is 1. The fraction of sp³-hybridized carbons (Fsp3) is 0.727. The van der Waals surface area contributed by atoms with Gasteiger partial charge in [-0.3, -0.25) is 0 Å². The van der Waals surface area contributed by atoms with E-state index in [2.05, 4.69) is 13.8 Å². The first-order chi connectivity index (χ1) is 18.1. The average molecular weight is 511 g/mol. The number of hydrogen-bond donors (Lipinski definition) is 0. The first kappa shape index (κ1) is 26.8. The van der Waals surface area contributed by atoms with Crippen LogP contribution in [0, 0.1) is 35.4 Å². The first-order valence-electron chi connectivity index (χ1n) is 15.4. The second-order valence-corrected chi connectivity index (χ2v) is 12.6. The van der Waals surface area contributed by atoms with E-state index in [1.54, 1.807) is 6.07 Å². The molecule has 0 bridgehead atoms. The molecule has 3 aliphatic carbocycles. The van der Waals surface area contributed by atoms with Gasteiger partial charge in [0.15, 0.2) is 11.6 Å². The monoisotopic (exact) mass is 510 g/mol. The van der Waals surface area contributed by atoms with E-state index in [9.17, 15) is 4.79 Å². The molecule has 1 aromatic carbocycles. The molecule has 2 aromatic rings. The van der Waals surface area contributed by atoms with Crippen LogP contribution >= 0.6 is 0 Å². The van der Waals surface area contributed by atoms with Crippen LogP contribution in [0.15, 0.2) is 27.4 Å². The maximum atomic E-state index is 15.3. The molecule has 4 heteroatoms. The lowest BCUT2D eigenvalue weighted by Gasteiger charge is -2.37. The average Bonchev–Trinajstić information content (AvgIpc) is 2.93. The van der Waals surface area contributed by atoms with E-state index in [-0.39, 0.29) is 17.1 Å². The largest absolute Gasteiger partial charge is 0.490 e. The van der Waals surface area contributed by atoms with E-state index >= 15 is 4.39 Å². The van der Waals surface area contributed by atoms with Gasteiger partial charge >= 0.3 is 5.63 Å². The Morgan fingerprint density at radius 2 is 1.46 bits per heavy atom. The molecule has 0 radical (unpaired) electrons. The van der Waals surface area contributed by atoms with E-state index in [4.69, 9.17) is 9.15 Å². The van der Waals surface area contributed by atoms with Gasteiger partial charge in [0.05, 0.1) is 6.61 Å². The van der Waals surface area contributed by atoms with Crippen molar-refractivity contribution in [2.24, 2.45) is 29.6 Å². The van der Waals surface area contributed by atoms with Crippen molar-refractivity contribution in [1.82, 2.24) is 0 Å². The summed E-state index contributed by atoms with van der Waals surface area (Å²) in [5, 5.41) is 0.672. The molecule has 37 heavy (non-hydrogen) atoms. The molecular formula is C33H47FO3. The smallest absolute Gasteiger partial charge is 0.346 e. The normalized spacial score (nSPS) is 30.9. The van der Waals surface area contributed by atoms with Gasteiger partial charge in [-0.15, -0.1) is 0 Å². The SMILES string of the molecule is CCCC1CCC(COc2ccc3cc(C4CCC(C5CCC(CC)CC5)CC4)oc(=O)c3c2F)CC1. The second-order valence-electron chi connectivity index (χ2n) is 12.6. The number of benzene rings is 1. The highest BCUT2D eigenvalue weighted by Crippen LogP contribution is 2.44. The summed E-state index contributed by atoms with van der Waals surface area (Å²) < 4.78 is 27.0. The van der Waals surface area contributed by atoms with Gasteiger partial charge in [-0.05, 0) is 98.5 Å². The van der Waals surface area contributed by atoms with Gasteiger partial charge in [-0.1, -0.05) is 64.9 Å². The van der Waals surface area contributed by atoms with Gasteiger partial charge in [0.2, 0.25) is 0 Å². The number of halogens is 1. The van der Waals surface area contributed by atoms with Crippen LogP contribution in [0.2, 0.25) is 0 Å². The molecule has 0 N–H and O–H groups in total. The van der Waals surface area contributed by atoms with Gasteiger partial charge in [-0.25, -0.2) is 9.18 Å². The molecule has 0 amide bonds. The zero-order valence-electron chi connectivity index (χ0n) is 23.1. The van der Waals surface area contributed by atoms with Crippen molar-refractivity contribution in [2.75, 3.05) is 6.61 Å². The van der Waals surface area contributed by atoms with E-state index in [1.165, 1.54) is 70.6 Å². The van der Waals surface area contributed by atoms with Crippen molar-refractivity contribution in [2.45, 2.75) is 116 Å². The third-order valence-electron chi connectivity index (χ3n) is 10.3. The molecule has 0 unspecified atom stereocenters. The zero-order chi connectivity index (χ0) is 25.8. The Kier molecular flexibility index (Phi) is 8.93. The summed E-state index contributed by atoms with van der Waals surface area (Å²) in [6, 6.07) is 5.45. The third kappa shape index (κ3) is 6.25. The molecule has 0 atom stereocenters. The van der Waals surface area contributed by atoms with Crippen molar-refractivity contribution in [3.63, 3.8) is 0 Å². The molecule has 204 valence electrons. The van der Waals surface area contributed by atoms with Crippen molar-refractivity contribution < 1.29 is 13.5 Å². The van der Waals surface area contributed by atoms with E-state index in [0.29, 0.717) is 17.9 Å². The minimum Gasteiger partial charge on any atom is -0.490 e. The minimum absolute atomic E-state index is 0.0364. The van der Waals surface area contributed by atoms with Crippen LogP contribution in [0.1, 0.15) is 122 Å². The van der Waals surface area contributed by atoms with Crippen LogP contribution in [0.4, 0.5) is 4.39 Å². The molecule has 5 rings (SSSR count). The molecule has 1 heterocycles. The fourth-order valence-corrected chi connectivity index (χ4v) is 7.80. The van der Waals surface area contributed by atoms with Gasteiger partial charge in [0, 0.05) is 5.92 Å². The standard InChI is InChI=1S/C33H47FO3/c1-3-5-23-6-8-24(9-7-23)21-36-29-19-18-28-20-30(37-33(35)31(28)32(29)34)27-16-14-26(15-17-27)25-12-10-22(4-2)11-13-25/h18-20,22-27H,3-17,21H2,1-2H3. The molecule has 3 aliphatic rings. The highest BCUT2D eigenvalue weighted by molar-refractivity contribution is 5.83. The molecule has 3 fully saturated rings. The van der Waals surface area contributed by atoms with Crippen molar-refractivity contribution in [1.29, 1.82) is 0 Å². The minimum atomic E-state index is -0.566. The molecule has 1 aromatic heterocycles.